The number of aromatic nitrogens is 1. The summed E-state index contributed by atoms with van der Waals surface area (Å²) in [6.07, 6.45) is 0.275. The van der Waals surface area contributed by atoms with Gasteiger partial charge in [-0.15, -0.1) is 22.7 Å². The van der Waals surface area contributed by atoms with Gasteiger partial charge in [-0.25, -0.2) is 4.98 Å². The molecule has 138 valence electrons. The monoisotopic (exact) mass is 418 g/mol. The zero-order valence-electron chi connectivity index (χ0n) is 14.3. The van der Waals surface area contributed by atoms with E-state index in [0.29, 0.717) is 27.5 Å². The first-order valence-electron chi connectivity index (χ1n) is 8.27. The third kappa shape index (κ3) is 4.16. The summed E-state index contributed by atoms with van der Waals surface area (Å²) in [5.41, 5.74) is 1.45. The van der Waals surface area contributed by atoms with Crippen LogP contribution >= 0.6 is 34.3 Å². The number of hydrogen-bond acceptors (Lipinski definition) is 6. The smallest absolute Gasteiger partial charge is 0.231 e. The molecule has 0 unspecified atom stereocenters. The van der Waals surface area contributed by atoms with Crippen molar-refractivity contribution >= 4 is 56.3 Å². The van der Waals surface area contributed by atoms with Crippen LogP contribution in [-0.2, 0) is 11.2 Å². The lowest BCUT2D eigenvalue weighted by Crippen LogP contribution is -2.13. The highest BCUT2D eigenvalue weighted by atomic mass is 35.5. The van der Waals surface area contributed by atoms with Gasteiger partial charge in [-0.05, 0) is 43.3 Å². The second kappa shape index (κ2) is 7.72. The molecule has 4 aromatic rings. The van der Waals surface area contributed by atoms with E-state index in [0.717, 1.165) is 21.6 Å². The summed E-state index contributed by atoms with van der Waals surface area (Å²) in [5, 5.41) is 6.16. The lowest BCUT2D eigenvalue weighted by molar-refractivity contribution is -0.115. The second-order valence-corrected chi connectivity index (χ2v) is 8.37. The molecule has 27 heavy (non-hydrogen) atoms. The first-order chi connectivity index (χ1) is 13.1. The summed E-state index contributed by atoms with van der Waals surface area (Å²) in [7, 11) is 0. The molecule has 1 aromatic carbocycles. The molecule has 1 amide bonds. The van der Waals surface area contributed by atoms with Crippen molar-refractivity contribution < 1.29 is 13.9 Å². The molecular formula is C19H15ClN2O3S2. The van der Waals surface area contributed by atoms with Crippen LogP contribution in [0.2, 0.25) is 4.34 Å². The van der Waals surface area contributed by atoms with Crippen LogP contribution in [0.4, 0.5) is 5.13 Å². The van der Waals surface area contributed by atoms with Crippen LogP contribution in [0.25, 0.3) is 22.4 Å². The summed E-state index contributed by atoms with van der Waals surface area (Å²) in [6, 6.07) is 11.3. The van der Waals surface area contributed by atoms with Crippen molar-refractivity contribution in [2.45, 2.75) is 13.3 Å². The number of nitrogens with zero attached hydrogens (tertiary/aromatic N) is 1. The molecule has 0 radical (unpaired) electrons. The van der Waals surface area contributed by atoms with Gasteiger partial charge in [0.05, 0.1) is 17.4 Å². The van der Waals surface area contributed by atoms with E-state index in [4.69, 9.17) is 20.8 Å². The average Bonchev–Trinajstić information content (AvgIpc) is 3.34. The Kier molecular flexibility index (Phi) is 5.15. The average molecular weight is 419 g/mol. The molecule has 0 fully saturated rings. The summed E-state index contributed by atoms with van der Waals surface area (Å²) in [4.78, 5) is 17.5. The number of rotatable bonds is 6. The van der Waals surface area contributed by atoms with Crippen LogP contribution in [0.15, 0.2) is 46.2 Å². The van der Waals surface area contributed by atoms with Crippen LogP contribution in [0, 0.1) is 0 Å². The van der Waals surface area contributed by atoms with Gasteiger partial charge in [0.2, 0.25) is 5.91 Å². The normalized spacial score (nSPS) is 11.0. The Labute approximate surface area is 168 Å². The van der Waals surface area contributed by atoms with Crippen LogP contribution < -0.4 is 10.1 Å². The van der Waals surface area contributed by atoms with E-state index in [2.05, 4.69) is 10.3 Å². The van der Waals surface area contributed by atoms with Gasteiger partial charge in [0.25, 0.3) is 0 Å². The number of nitrogens with one attached hydrogen (secondary N) is 1. The Bertz CT molecular complexity index is 1100. The second-order valence-electron chi connectivity index (χ2n) is 5.71. The maximum Gasteiger partial charge on any atom is 0.231 e. The molecule has 5 nitrogen and oxygen atoms in total. The molecule has 0 atom stereocenters. The number of benzene rings is 1. The van der Waals surface area contributed by atoms with Crippen molar-refractivity contribution in [2.24, 2.45) is 0 Å². The molecule has 0 saturated carbocycles. The lowest BCUT2D eigenvalue weighted by atomic mass is 10.2. The fraction of sp³-hybridized carbons (Fsp3) is 0.158. The molecule has 0 spiro atoms. The van der Waals surface area contributed by atoms with Gasteiger partial charge in [-0.3, -0.25) is 4.79 Å². The fourth-order valence-electron chi connectivity index (χ4n) is 2.62. The van der Waals surface area contributed by atoms with Gasteiger partial charge in [0, 0.05) is 15.6 Å². The van der Waals surface area contributed by atoms with Crippen molar-refractivity contribution in [3.8, 4) is 17.2 Å². The molecular weight excluding hydrogens is 404 g/mol. The SMILES string of the molecule is CCOc1ccc2oc(-c3csc(NC(=O)Cc4ccc(Cl)s4)n3)cc2c1. The van der Waals surface area contributed by atoms with Crippen molar-refractivity contribution in [1.29, 1.82) is 0 Å². The number of thiophene rings is 1. The van der Waals surface area contributed by atoms with Crippen LogP contribution in [0.1, 0.15) is 11.8 Å². The van der Waals surface area contributed by atoms with E-state index < -0.39 is 0 Å². The standard InChI is InChI=1S/C19H15ClN2O3S2/c1-2-24-12-3-5-15-11(7-12)8-16(25-15)14-10-26-19(21-14)22-18(23)9-13-4-6-17(20)27-13/h3-8,10H,2,9H2,1H3,(H,21,22,23). The number of hydrogen-bond donors (Lipinski definition) is 1. The summed E-state index contributed by atoms with van der Waals surface area (Å²) in [6.45, 7) is 2.56. The van der Waals surface area contributed by atoms with Crippen LogP contribution in [0.3, 0.4) is 0 Å². The van der Waals surface area contributed by atoms with Crippen molar-refractivity contribution in [1.82, 2.24) is 4.98 Å². The maximum absolute atomic E-state index is 12.2. The number of fused-ring (bicyclic) bond motifs is 1. The molecule has 0 saturated heterocycles. The number of furan rings is 1. The number of amides is 1. The number of ether oxygens (including phenoxy) is 1. The fourth-order valence-corrected chi connectivity index (χ4v) is 4.42. The summed E-state index contributed by atoms with van der Waals surface area (Å²) in [5.74, 6) is 1.33. The minimum absolute atomic E-state index is 0.125. The van der Waals surface area contributed by atoms with Gasteiger partial charge in [-0.2, -0.15) is 0 Å². The van der Waals surface area contributed by atoms with Gasteiger partial charge in [-0.1, -0.05) is 11.6 Å². The number of carbonyl (C=O) groups excluding carboxylic acids is 1. The van der Waals surface area contributed by atoms with E-state index in [1.165, 1.54) is 22.7 Å². The van der Waals surface area contributed by atoms with Gasteiger partial charge >= 0.3 is 0 Å². The summed E-state index contributed by atoms with van der Waals surface area (Å²) < 4.78 is 12.1. The summed E-state index contributed by atoms with van der Waals surface area (Å²) >= 11 is 8.65. The predicted octanol–water partition coefficient (Wildman–Crippen LogP) is 5.85. The third-order valence-corrected chi connectivity index (χ3v) is 5.75. The minimum Gasteiger partial charge on any atom is -0.494 e. The first kappa shape index (κ1) is 18.0. The topological polar surface area (TPSA) is 64.4 Å². The quantitative estimate of drug-likeness (QED) is 0.426. The molecule has 1 N–H and O–H groups in total. The maximum atomic E-state index is 12.2. The zero-order chi connectivity index (χ0) is 18.8. The third-order valence-electron chi connectivity index (χ3n) is 3.77. The molecule has 0 aliphatic heterocycles. The molecule has 3 aromatic heterocycles. The van der Waals surface area contributed by atoms with E-state index in [1.54, 1.807) is 6.07 Å². The lowest BCUT2D eigenvalue weighted by Gasteiger charge is -2.00. The molecule has 3 heterocycles. The predicted molar refractivity (Wildman–Crippen MR) is 110 cm³/mol. The molecule has 0 aliphatic rings. The van der Waals surface area contributed by atoms with Crippen molar-refractivity contribution in [3.63, 3.8) is 0 Å². The number of anilines is 1. The van der Waals surface area contributed by atoms with E-state index in [1.807, 2.05) is 42.6 Å². The largest absolute Gasteiger partial charge is 0.494 e. The Morgan fingerprint density at radius 1 is 1.30 bits per heavy atom. The number of thiazole rings is 1. The van der Waals surface area contributed by atoms with Crippen molar-refractivity contribution in [3.05, 3.63) is 51.0 Å². The van der Waals surface area contributed by atoms with E-state index in [-0.39, 0.29) is 12.3 Å². The highest BCUT2D eigenvalue weighted by Gasteiger charge is 2.13. The van der Waals surface area contributed by atoms with Crippen LogP contribution in [0.5, 0.6) is 5.75 Å². The van der Waals surface area contributed by atoms with E-state index >= 15 is 0 Å². The Hall–Kier alpha value is -2.35. The van der Waals surface area contributed by atoms with Gasteiger partial charge in [0.15, 0.2) is 10.9 Å². The molecule has 8 heteroatoms. The number of carbonyl (C=O) groups is 1. The highest BCUT2D eigenvalue weighted by Crippen LogP contribution is 2.32. The van der Waals surface area contributed by atoms with E-state index in [9.17, 15) is 4.79 Å². The molecule has 0 bridgehead atoms. The highest BCUT2D eigenvalue weighted by molar-refractivity contribution is 7.16. The Balaban J connectivity index is 1.48. The number of halogens is 1. The molecule has 0 aliphatic carbocycles. The first-order valence-corrected chi connectivity index (χ1v) is 10.3. The Morgan fingerprint density at radius 2 is 2.19 bits per heavy atom. The van der Waals surface area contributed by atoms with Crippen LogP contribution in [-0.4, -0.2) is 17.5 Å². The van der Waals surface area contributed by atoms with Crippen molar-refractivity contribution in [2.75, 3.05) is 11.9 Å². The zero-order valence-corrected chi connectivity index (χ0v) is 16.7. The van der Waals surface area contributed by atoms with Gasteiger partial charge < -0.3 is 14.5 Å². The minimum atomic E-state index is -0.125. The molecule has 4 rings (SSSR count). The van der Waals surface area contributed by atoms with Gasteiger partial charge in [0.1, 0.15) is 17.0 Å². The Morgan fingerprint density at radius 3 is 2.96 bits per heavy atom.